The van der Waals surface area contributed by atoms with Crippen LogP contribution in [0.1, 0.15) is 25.8 Å². The van der Waals surface area contributed by atoms with Crippen LogP contribution in [0.15, 0.2) is 24.3 Å². The molecule has 1 aliphatic heterocycles. The summed E-state index contributed by atoms with van der Waals surface area (Å²) in [5, 5.41) is 0.119. The lowest BCUT2D eigenvalue weighted by molar-refractivity contribution is -0.128. The van der Waals surface area contributed by atoms with E-state index >= 15 is 0 Å². The Morgan fingerprint density at radius 1 is 1.47 bits per heavy atom. The first-order valence-electron chi connectivity index (χ1n) is 6.67. The first-order chi connectivity index (χ1) is 9.11. The highest BCUT2D eigenvalue weighted by atomic mass is 32.2. The standard InChI is InChI=1S/C15H21NO2S/c1-11(2)16-8-7-14(15(16)17)19-10-12-5-4-6-13(9-12)18-3/h4-6,9,11,14H,7-8,10H2,1-3H3/t14-/m1/s1. The van der Waals surface area contributed by atoms with Gasteiger partial charge in [0.2, 0.25) is 5.91 Å². The number of ether oxygens (including phenoxy) is 1. The molecule has 0 radical (unpaired) electrons. The van der Waals surface area contributed by atoms with Crippen molar-refractivity contribution in [2.24, 2.45) is 0 Å². The third-order valence-electron chi connectivity index (χ3n) is 3.40. The molecule has 0 N–H and O–H groups in total. The molecule has 19 heavy (non-hydrogen) atoms. The summed E-state index contributed by atoms with van der Waals surface area (Å²) in [5.74, 6) is 2.03. The number of hydrogen-bond donors (Lipinski definition) is 0. The molecule has 2 rings (SSSR count). The Balaban J connectivity index is 1.91. The van der Waals surface area contributed by atoms with Gasteiger partial charge in [-0.05, 0) is 38.0 Å². The van der Waals surface area contributed by atoms with Crippen LogP contribution in [0.2, 0.25) is 0 Å². The lowest BCUT2D eigenvalue weighted by atomic mass is 10.2. The molecular formula is C15H21NO2S. The van der Waals surface area contributed by atoms with Crippen LogP contribution in [0.4, 0.5) is 0 Å². The maximum atomic E-state index is 12.2. The van der Waals surface area contributed by atoms with Crippen molar-refractivity contribution in [3.63, 3.8) is 0 Å². The molecule has 1 saturated heterocycles. The Morgan fingerprint density at radius 3 is 2.89 bits per heavy atom. The monoisotopic (exact) mass is 279 g/mol. The summed E-state index contributed by atoms with van der Waals surface area (Å²) in [6.45, 7) is 5.05. The number of carbonyl (C=O) groups excluding carboxylic acids is 1. The van der Waals surface area contributed by atoms with Crippen molar-refractivity contribution in [2.75, 3.05) is 13.7 Å². The van der Waals surface area contributed by atoms with Crippen molar-refractivity contribution < 1.29 is 9.53 Å². The molecule has 1 atom stereocenters. The van der Waals surface area contributed by atoms with E-state index in [2.05, 4.69) is 19.9 Å². The van der Waals surface area contributed by atoms with Crippen molar-refractivity contribution >= 4 is 17.7 Å². The molecule has 1 fully saturated rings. The number of rotatable bonds is 5. The summed E-state index contributed by atoms with van der Waals surface area (Å²) in [7, 11) is 1.67. The smallest absolute Gasteiger partial charge is 0.235 e. The minimum absolute atomic E-state index is 0.119. The lowest BCUT2D eigenvalue weighted by Crippen LogP contribution is -2.34. The van der Waals surface area contributed by atoms with Crippen LogP contribution >= 0.6 is 11.8 Å². The SMILES string of the molecule is COc1cccc(CS[C@@H]2CCN(C(C)C)C2=O)c1. The second-order valence-corrected chi connectivity index (χ2v) is 6.26. The number of carbonyl (C=O) groups is 1. The van der Waals surface area contributed by atoms with E-state index in [-0.39, 0.29) is 5.25 Å². The number of amides is 1. The van der Waals surface area contributed by atoms with E-state index in [0.717, 1.165) is 24.5 Å². The molecule has 0 aliphatic carbocycles. The molecular weight excluding hydrogens is 258 g/mol. The fraction of sp³-hybridized carbons (Fsp3) is 0.533. The minimum atomic E-state index is 0.119. The van der Waals surface area contributed by atoms with Gasteiger partial charge in [-0.1, -0.05) is 12.1 Å². The van der Waals surface area contributed by atoms with E-state index < -0.39 is 0 Å². The summed E-state index contributed by atoms with van der Waals surface area (Å²) in [6, 6.07) is 8.36. The van der Waals surface area contributed by atoms with Gasteiger partial charge < -0.3 is 9.64 Å². The Bertz CT molecular complexity index is 448. The van der Waals surface area contributed by atoms with Gasteiger partial charge in [0, 0.05) is 18.3 Å². The molecule has 1 aromatic carbocycles. The third kappa shape index (κ3) is 3.44. The molecule has 0 bridgehead atoms. The van der Waals surface area contributed by atoms with Crippen molar-refractivity contribution in [3.8, 4) is 5.75 Å². The predicted octanol–water partition coefficient (Wildman–Crippen LogP) is 2.94. The van der Waals surface area contributed by atoms with E-state index in [0.29, 0.717) is 11.9 Å². The van der Waals surface area contributed by atoms with Crippen LogP contribution in [0.25, 0.3) is 0 Å². The molecule has 1 amide bonds. The van der Waals surface area contributed by atoms with Crippen molar-refractivity contribution in [1.82, 2.24) is 4.90 Å². The fourth-order valence-electron chi connectivity index (χ4n) is 2.30. The number of methoxy groups -OCH3 is 1. The maximum Gasteiger partial charge on any atom is 0.235 e. The molecule has 4 heteroatoms. The molecule has 0 unspecified atom stereocenters. The average molecular weight is 279 g/mol. The van der Waals surface area contributed by atoms with E-state index in [4.69, 9.17) is 4.74 Å². The molecule has 0 aromatic heterocycles. The summed E-state index contributed by atoms with van der Waals surface area (Å²) in [5.41, 5.74) is 1.21. The molecule has 1 aromatic rings. The number of thioether (sulfide) groups is 1. The lowest BCUT2D eigenvalue weighted by Gasteiger charge is -2.20. The number of likely N-dealkylation sites (tertiary alicyclic amines) is 1. The Labute approximate surface area is 119 Å². The van der Waals surface area contributed by atoms with Gasteiger partial charge in [-0.2, -0.15) is 0 Å². The fourth-order valence-corrected chi connectivity index (χ4v) is 3.42. The van der Waals surface area contributed by atoms with Crippen molar-refractivity contribution in [2.45, 2.75) is 37.3 Å². The Hall–Kier alpha value is -1.16. The molecule has 3 nitrogen and oxygen atoms in total. The molecule has 0 spiro atoms. The predicted molar refractivity (Wildman–Crippen MR) is 79.5 cm³/mol. The topological polar surface area (TPSA) is 29.5 Å². The number of nitrogens with zero attached hydrogens (tertiary/aromatic N) is 1. The van der Waals surface area contributed by atoms with Gasteiger partial charge in [0.15, 0.2) is 0 Å². The molecule has 0 saturated carbocycles. The zero-order chi connectivity index (χ0) is 13.8. The Kier molecular flexibility index (Phi) is 4.75. The van der Waals surface area contributed by atoms with Crippen LogP contribution in [0.5, 0.6) is 5.75 Å². The van der Waals surface area contributed by atoms with Crippen molar-refractivity contribution in [3.05, 3.63) is 29.8 Å². The van der Waals surface area contributed by atoms with Gasteiger partial charge in [0.25, 0.3) is 0 Å². The van der Waals surface area contributed by atoms with E-state index in [1.807, 2.05) is 23.1 Å². The summed E-state index contributed by atoms with van der Waals surface area (Å²) in [6.07, 6.45) is 0.964. The highest BCUT2D eigenvalue weighted by molar-refractivity contribution is 7.99. The molecule has 1 heterocycles. The van der Waals surface area contributed by atoms with E-state index in [1.54, 1.807) is 18.9 Å². The first-order valence-corrected chi connectivity index (χ1v) is 7.71. The average Bonchev–Trinajstić information content (AvgIpc) is 2.78. The quantitative estimate of drug-likeness (QED) is 0.830. The van der Waals surface area contributed by atoms with Gasteiger partial charge in [-0.15, -0.1) is 11.8 Å². The second kappa shape index (κ2) is 6.33. The van der Waals surface area contributed by atoms with Crippen molar-refractivity contribution in [1.29, 1.82) is 0 Å². The van der Waals surface area contributed by atoms with Gasteiger partial charge >= 0.3 is 0 Å². The first kappa shape index (κ1) is 14.3. The zero-order valence-corrected chi connectivity index (χ0v) is 12.6. The minimum Gasteiger partial charge on any atom is -0.497 e. The maximum absolute atomic E-state index is 12.2. The third-order valence-corrected chi connectivity index (χ3v) is 4.74. The van der Waals surface area contributed by atoms with Gasteiger partial charge in [-0.25, -0.2) is 0 Å². The van der Waals surface area contributed by atoms with E-state index in [9.17, 15) is 4.79 Å². The van der Waals surface area contributed by atoms with Gasteiger partial charge in [0.1, 0.15) is 5.75 Å². The van der Waals surface area contributed by atoms with Gasteiger partial charge in [0.05, 0.1) is 12.4 Å². The van der Waals surface area contributed by atoms with Crippen LogP contribution in [-0.2, 0) is 10.5 Å². The zero-order valence-electron chi connectivity index (χ0n) is 11.8. The Morgan fingerprint density at radius 2 is 2.26 bits per heavy atom. The second-order valence-electron chi connectivity index (χ2n) is 5.07. The highest BCUT2D eigenvalue weighted by Gasteiger charge is 2.32. The largest absolute Gasteiger partial charge is 0.497 e. The van der Waals surface area contributed by atoms with E-state index in [1.165, 1.54) is 5.56 Å². The van der Waals surface area contributed by atoms with Crippen LogP contribution in [0.3, 0.4) is 0 Å². The summed E-state index contributed by atoms with van der Waals surface area (Å²) in [4.78, 5) is 14.1. The highest BCUT2D eigenvalue weighted by Crippen LogP contribution is 2.28. The number of benzene rings is 1. The van der Waals surface area contributed by atoms with Crippen LogP contribution in [0, 0.1) is 0 Å². The number of hydrogen-bond acceptors (Lipinski definition) is 3. The van der Waals surface area contributed by atoms with Crippen LogP contribution in [-0.4, -0.2) is 35.8 Å². The summed E-state index contributed by atoms with van der Waals surface area (Å²) < 4.78 is 5.21. The molecule has 104 valence electrons. The summed E-state index contributed by atoms with van der Waals surface area (Å²) >= 11 is 1.74. The van der Waals surface area contributed by atoms with Crippen LogP contribution < -0.4 is 4.74 Å². The van der Waals surface area contributed by atoms with Gasteiger partial charge in [-0.3, -0.25) is 4.79 Å². The molecule has 1 aliphatic rings. The normalized spacial score (nSPS) is 19.3.